The summed E-state index contributed by atoms with van der Waals surface area (Å²) in [6.45, 7) is 3.08. The van der Waals surface area contributed by atoms with Crippen molar-refractivity contribution in [2.24, 2.45) is 0 Å². The SMILES string of the molecule is CC1(C(=O)O)CCCN1C(=O)C1CCCCN1. The molecule has 2 atom stereocenters. The summed E-state index contributed by atoms with van der Waals surface area (Å²) in [5, 5.41) is 12.5. The van der Waals surface area contributed by atoms with E-state index in [1.165, 1.54) is 0 Å². The van der Waals surface area contributed by atoms with Crippen molar-refractivity contribution in [2.45, 2.75) is 50.6 Å². The summed E-state index contributed by atoms with van der Waals surface area (Å²) in [4.78, 5) is 25.2. The number of nitrogens with zero attached hydrogens (tertiary/aromatic N) is 1. The molecule has 5 nitrogen and oxygen atoms in total. The molecule has 0 aromatic carbocycles. The maximum absolute atomic E-state index is 12.3. The van der Waals surface area contributed by atoms with Crippen LogP contribution in [-0.4, -0.2) is 46.6 Å². The lowest BCUT2D eigenvalue weighted by Crippen LogP contribution is -2.57. The summed E-state index contributed by atoms with van der Waals surface area (Å²) in [5.74, 6) is -0.925. The van der Waals surface area contributed by atoms with Crippen molar-refractivity contribution >= 4 is 11.9 Å². The van der Waals surface area contributed by atoms with Crippen molar-refractivity contribution in [3.05, 3.63) is 0 Å². The van der Waals surface area contributed by atoms with Crippen molar-refractivity contribution in [3.8, 4) is 0 Å². The fourth-order valence-electron chi connectivity index (χ4n) is 2.79. The van der Waals surface area contributed by atoms with Crippen LogP contribution >= 0.6 is 0 Å². The molecule has 17 heavy (non-hydrogen) atoms. The Bertz CT molecular complexity index is 326. The van der Waals surface area contributed by atoms with Gasteiger partial charge < -0.3 is 15.3 Å². The van der Waals surface area contributed by atoms with Crippen LogP contribution in [0.2, 0.25) is 0 Å². The van der Waals surface area contributed by atoms with Gasteiger partial charge in [-0.05, 0) is 39.2 Å². The number of likely N-dealkylation sites (tertiary alicyclic amines) is 1. The molecule has 2 rings (SSSR count). The minimum absolute atomic E-state index is 0.0351. The van der Waals surface area contributed by atoms with E-state index in [-0.39, 0.29) is 11.9 Å². The van der Waals surface area contributed by atoms with E-state index in [0.717, 1.165) is 32.2 Å². The van der Waals surface area contributed by atoms with Gasteiger partial charge in [0.15, 0.2) is 0 Å². The van der Waals surface area contributed by atoms with Gasteiger partial charge in [-0.2, -0.15) is 0 Å². The molecule has 1 amide bonds. The first kappa shape index (κ1) is 12.4. The van der Waals surface area contributed by atoms with Gasteiger partial charge in [-0.15, -0.1) is 0 Å². The highest BCUT2D eigenvalue weighted by Gasteiger charge is 2.47. The zero-order chi connectivity index (χ0) is 12.5. The molecule has 2 saturated heterocycles. The minimum atomic E-state index is -1.00. The maximum atomic E-state index is 12.3. The van der Waals surface area contributed by atoms with Crippen LogP contribution < -0.4 is 5.32 Å². The average molecular weight is 240 g/mol. The summed E-state index contributed by atoms with van der Waals surface area (Å²) < 4.78 is 0. The molecule has 0 spiro atoms. The lowest BCUT2D eigenvalue weighted by Gasteiger charge is -2.35. The van der Waals surface area contributed by atoms with E-state index < -0.39 is 11.5 Å². The highest BCUT2D eigenvalue weighted by Crippen LogP contribution is 2.30. The smallest absolute Gasteiger partial charge is 0.329 e. The van der Waals surface area contributed by atoms with Crippen LogP contribution in [0.5, 0.6) is 0 Å². The summed E-state index contributed by atoms with van der Waals surface area (Å²) in [5.41, 5.74) is -1.00. The predicted octanol–water partition coefficient (Wildman–Crippen LogP) is 0.594. The Kier molecular flexibility index (Phi) is 3.38. The molecule has 0 bridgehead atoms. The number of carboxylic acids is 1. The monoisotopic (exact) mass is 240 g/mol. The van der Waals surface area contributed by atoms with Crippen LogP contribution in [-0.2, 0) is 9.59 Å². The second kappa shape index (κ2) is 4.64. The number of amides is 1. The van der Waals surface area contributed by atoms with Gasteiger partial charge in [-0.1, -0.05) is 6.42 Å². The van der Waals surface area contributed by atoms with Crippen molar-refractivity contribution in [3.63, 3.8) is 0 Å². The molecule has 2 fully saturated rings. The number of rotatable bonds is 2. The summed E-state index contributed by atoms with van der Waals surface area (Å²) in [6.07, 6.45) is 4.30. The molecule has 0 radical (unpaired) electrons. The second-order valence-corrected chi connectivity index (χ2v) is 5.17. The van der Waals surface area contributed by atoms with Crippen molar-refractivity contribution in [2.75, 3.05) is 13.1 Å². The lowest BCUT2D eigenvalue weighted by atomic mass is 9.97. The Morgan fingerprint density at radius 2 is 2.12 bits per heavy atom. The molecule has 0 saturated carbocycles. The number of carboxylic acid groups (broad SMARTS) is 1. The number of nitrogens with one attached hydrogen (secondary N) is 1. The zero-order valence-electron chi connectivity index (χ0n) is 10.2. The van der Waals surface area contributed by atoms with E-state index in [0.29, 0.717) is 13.0 Å². The molecule has 2 aliphatic rings. The fourth-order valence-corrected chi connectivity index (χ4v) is 2.79. The Hall–Kier alpha value is -1.10. The van der Waals surface area contributed by atoms with E-state index in [9.17, 15) is 14.7 Å². The van der Waals surface area contributed by atoms with E-state index in [2.05, 4.69) is 5.32 Å². The van der Waals surface area contributed by atoms with Crippen LogP contribution in [0.4, 0.5) is 0 Å². The number of carbonyl (C=O) groups is 2. The zero-order valence-corrected chi connectivity index (χ0v) is 10.2. The standard InChI is InChI=1S/C12H20N2O3/c1-12(11(16)17)6-4-8-14(12)10(15)9-5-2-3-7-13-9/h9,13H,2-8H2,1H3,(H,16,17). The molecule has 2 heterocycles. The largest absolute Gasteiger partial charge is 0.480 e. The molecule has 0 aliphatic carbocycles. The quantitative estimate of drug-likeness (QED) is 0.741. The maximum Gasteiger partial charge on any atom is 0.329 e. The molecule has 2 N–H and O–H groups in total. The number of piperidine rings is 1. The molecular formula is C12H20N2O3. The summed E-state index contributed by atoms with van der Waals surface area (Å²) in [7, 11) is 0. The van der Waals surface area contributed by atoms with Crippen LogP contribution in [0.3, 0.4) is 0 Å². The molecule has 2 aliphatic heterocycles. The van der Waals surface area contributed by atoms with Gasteiger partial charge in [0.1, 0.15) is 5.54 Å². The van der Waals surface area contributed by atoms with Gasteiger partial charge in [0.25, 0.3) is 0 Å². The van der Waals surface area contributed by atoms with Crippen LogP contribution in [0.25, 0.3) is 0 Å². The van der Waals surface area contributed by atoms with Crippen molar-refractivity contribution in [1.29, 1.82) is 0 Å². The van der Waals surface area contributed by atoms with Gasteiger partial charge >= 0.3 is 5.97 Å². The fraction of sp³-hybridized carbons (Fsp3) is 0.833. The Morgan fingerprint density at radius 1 is 1.35 bits per heavy atom. The topological polar surface area (TPSA) is 69.6 Å². The van der Waals surface area contributed by atoms with E-state index >= 15 is 0 Å². The lowest BCUT2D eigenvalue weighted by molar-refractivity contribution is -0.156. The molecule has 0 aromatic rings. The van der Waals surface area contributed by atoms with E-state index in [1.54, 1.807) is 11.8 Å². The van der Waals surface area contributed by atoms with Crippen molar-refractivity contribution in [1.82, 2.24) is 10.2 Å². The first-order valence-electron chi connectivity index (χ1n) is 6.34. The highest BCUT2D eigenvalue weighted by molar-refractivity contribution is 5.90. The normalized spacial score (nSPS) is 33.7. The number of aliphatic carboxylic acids is 1. The molecule has 0 aromatic heterocycles. The Morgan fingerprint density at radius 3 is 2.71 bits per heavy atom. The van der Waals surface area contributed by atoms with Gasteiger partial charge in [0.05, 0.1) is 6.04 Å². The van der Waals surface area contributed by atoms with Crippen molar-refractivity contribution < 1.29 is 14.7 Å². The van der Waals surface area contributed by atoms with Crippen LogP contribution in [0.15, 0.2) is 0 Å². The number of carbonyl (C=O) groups excluding carboxylic acids is 1. The first-order valence-corrected chi connectivity index (χ1v) is 6.34. The van der Waals surface area contributed by atoms with Gasteiger partial charge in [0, 0.05) is 6.54 Å². The molecule has 96 valence electrons. The molecular weight excluding hydrogens is 220 g/mol. The van der Waals surface area contributed by atoms with Crippen LogP contribution in [0.1, 0.15) is 39.0 Å². The third kappa shape index (κ3) is 2.16. The number of hydrogen-bond donors (Lipinski definition) is 2. The van der Waals surface area contributed by atoms with E-state index in [1.807, 2.05) is 0 Å². The van der Waals surface area contributed by atoms with Gasteiger partial charge in [-0.3, -0.25) is 4.79 Å². The van der Waals surface area contributed by atoms with Gasteiger partial charge in [0.2, 0.25) is 5.91 Å². The minimum Gasteiger partial charge on any atom is -0.480 e. The number of hydrogen-bond acceptors (Lipinski definition) is 3. The van der Waals surface area contributed by atoms with Gasteiger partial charge in [-0.25, -0.2) is 4.79 Å². The summed E-state index contributed by atoms with van der Waals surface area (Å²) in [6, 6.07) is -0.180. The van der Waals surface area contributed by atoms with Crippen LogP contribution in [0, 0.1) is 0 Å². The average Bonchev–Trinajstić information content (AvgIpc) is 2.73. The first-order chi connectivity index (χ1) is 8.05. The second-order valence-electron chi connectivity index (χ2n) is 5.17. The molecule has 2 unspecified atom stereocenters. The third-order valence-corrected chi connectivity index (χ3v) is 3.98. The van der Waals surface area contributed by atoms with E-state index in [4.69, 9.17) is 0 Å². The third-order valence-electron chi connectivity index (χ3n) is 3.98. The Labute approximate surface area is 101 Å². The Balaban J connectivity index is 2.10. The highest BCUT2D eigenvalue weighted by atomic mass is 16.4. The predicted molar refractivity (Wildman–Crippen MR) is 62.6 cm³/mol. The summed E-state index contributed by atoms with van der Waals surface area (Å²) >= 11 is 0. The molecule has 5 heteroatoms.